The highest BCUT2D eigenvalue weighted by Crippen LogP contribution is 2.21. The summed E-state index contributed by atoms with van der Waals surface area (Å²) in [6, 6.07) is 0.659. The van der Waals surface area contributed by atoms with Crippen LogP contribution in [0, 0.1) is 5.92 Å². The monoisotopic (exact) mass is 174 g/mol. The van der Waals surface area contributed by atoms with Crippen LogP contribution in [0.1, 0.15) is 20.3 Å². The topological polar surface area (TPSA) is 29.3 Å². The molecule has 0 aromatic rings. The van der Waals surface area contributed by atoms with Gasteiger partial charge >= 0.3 is 0 Å². The molecule has 0 aliphatic carbocycles. The van der Waals surface area contributed by atoms with Crippen LogP contribution in [0.2, 0.25) is 0 Å². The Labute approximate surface area is 74.5 Å². The fourth-order valence-corrected chi connectivity index (χ4v) is 1.81. The van der Waals surface area contributed by atoms with E-state index in [0.29, 0.717) is 12.0 Å². The Balaban J connectivity index is 2.35. The molecule has 0 spiro atoms. The quantitative estimate of drug-likeness (QED) is 0.482. The van der Waals surface area contributed by atoms with Gasteiger partial charge < -0.3 is 10.6 Å². The number of thiol groups is 1. The number of hydrogen-bond acceptors (Lipinski definition) is 3. The first-order valence-corrected chi connectivity index (χ1v) is 4.80. The summed E-state index contributed by atoms with van der Waals surface area (Å²) in [5.74, 6) is 0.598. The van der Waals surface area contributed by atoms with E-state index in [2.05, 4.69) is 31.4 Å². The summed E-state index contributed by atoms with van der Waals surface area (Å²) in [7, 11) is 0. The molecule has 0 aromatic heterocycles. The van der Waals surface area contributed by atoms with Crippen molar-refractivity contribution in [2.45, 2.75) is 31.7 Å². The first kappa shape index (κ1) is 9.36. The summed E-state index contributed by atoms with van der Waals surface area (Å²) < 4.78 is 0. The van der Waals surface area contributed by atoms with E-state index in [1.54, 1.807) is 0 Å². The van der Waals surface area contributed by atoms with E-state index >= 15 is 0 Å². The van der Waals surface area contributed by atoms with Gasteiger partial charge in [-0.25, -0.2) is 0 Å². The van der Waals surface area contributed by atoms with Crippen LogP contribution in [0.25, 0.3) is 0 Å². The summed E-state index contributed by atoms with van der Waals surface area (Å²) in [5, 5.41) is 0.0683. The third kappa shape index (κ3) is 2.36. The van der Waals surface area contributed by atoms with Gasteiger partial charge in [-0.15, -0.1) is 0 Å². The number of nitrogens with two attached hydrogens (primary N) is 1. The highest BCUT2D eigenvalue weighted by Gasteiger charge is 2.26. The number of rotatable bonds is 2. The molecule has 0 aromatic carbocycles. The molecule has 1 aliphatic rings. The van der Waals surface area contributed by atoms with E-state index in [1.807, 2.05) is 0 Å². The fourth-order valence-electron chi connectivity index (χ4n) is 1.56. The molecule has 1 saturated heterocycles. The second-order valence-corrected chi connectivity index (χ2v) is 4.22. The zero-order valence-corrected chi connectivity index (χ0v) is 8.22. The van der Waals surface area contributed by atoms with Crippen LogP contribution < -0.4 is 5.73 Å². The van der Waals surface area contributed by atoms with Gasteiger partial charge in [0, 0.05) is 12.6 Å². The van der Waals surface area contributed by atoms with Gasteiger partial charge in [-0.2, -0.15) is 12.6 Å². The number of hydrogen-bond donors (Lipinski definition) is 2. The predicted molar refractivity (Wildman–Crippen MR) is 51.8 cm³/mol. The maximum Gasteiger partial charge on any atom is 0.0518 e. The smallest absolute Gasteiger partial charge is 0.0518 e. The third-order valence-corrected chi connectivity index (χ3v) is 2.89. The average molecular weight is 174 g/mol. The Hall–Kier alpha value is 0.270. The van der Waals surface area contributed by atoms with Crippen molar-refractivity contribution in [1.82, 2.24) is 4.90 Å². The van der Waals surface area contributed by atoms with Crippen molar-refractivity contribution in [2.24, 2.45) is 11.7 Å². The molecule has 2 unspecified atom stereocenters. The normalized spacial score (nSPS) is 29.7. The fraction of sp³-hybridized carbons (Fsp3) is 1.00. The predicted octanol–water partition coefficient (Wildman–Crippen LogP) is 0.931. The molecule has 2 N–H and O–H groups in total. The van der Waals surface area contributed by atoms with Crippen molar-refractivity contribution in [3.8, 4) is 0 Å². The molecule has 1 heterocycles. The lowest BCUT2D eigenvalue weighted by molar-refractivity contribution is 0.264. The molecule has 3 heteroatoms. The van der Waals surface area contributed by atoms with Crippen LogP contribution in [0.4, 0.5) is 0 Å². The van der Waals surface area contributed by atoms with Crippen molar-refractivity contribution in [1.29, 1.82) is 0 Å². The molecule has 0 radical (unpaired) electrons. The van der Waals surface area contributed by atoms with E-state index in [9.17, 15) is 0 Å². The van der Waals surface area contributed by atoms with E-state index in [-0.39, 0.29) is 5.37 Å². The molecular formula is C8H18N2S. The van der Waals surface area contributed by atoms with Gasteiger partial charge in [-0.05, 0) is 32.7 Å². The maximum absolute atomic E-state index is 5.70. The van der Waals surface area contributed by atoms with Gasteiger partial charge in [-0.3, -0.25) is 0 Å². The van der Waals surface area contributed by atoms with E-state index in [1.165, 1.54) is 13.0 Å². The SMILES string of the molecule is CC(C)N1CCC(C(N)S)C1. The zero-order chi connectivity index (χ0) is 8.43. The largest absolute Gasteiger partial charge is 0.319 e. The molecule has 2 atom stereocenters. The molecule has 2 nitrogen and oxygen atoms in total. The summed E-state index contributed by atoms with van der Waals surface area (Å²) >= 11 is 4.25. The maximum atomic E-state index is 5.70. The van der Waals surface area contributed by atoms with Crippen LogP contribution in [-0.2, 0) is 0 Å². The van der Waals surface area contributed by atoms with E-state index in [4.69, 9.17) is 5.73 Å². The van der Waals surface area contributed by atoms with Gasteiger partial charge in [0.1, 0.15) is 0 Å². The average Bonchev–Trinajstić information content (AvgIpc) is 2.33. The van der Waals surface area contributed by atoms with Crippen LogP contribution in [0.15, 0.2) is 0 Å². The van der Waals surface area contributed by atoms with E-state index in [0.717, 1.165) is 6.54 Å². The van der Waals surface area contributed by atoms with Crippen molar-refractivity contribution in [2.75, 3.05) is 13.1 Å². The molecule has 1 aliphatic heterocycles. The second-order valence-electron chi connectivity index (χ2n) is 3.63. The van der Waals surface area contributed by atoms with Crippen LogP contribution in [0.3, 0.4) is 0 Å². The zero-order valence-electron chi connectivity index (χ0n) is 7.33. The van der Waals surface area contributed by atoms with Crippen molar-refractivity contribution in [3.05, 3.63) is 0 Å². The van der Waals surface area contributed by atoms with Crippen molar-refractivity contribution in [3.63, 3.8) is 0 Å². The Morgan fingerprint density at radius 1 is 1.55 bits per heavy atom. The molecule has 0 saturated carbocycles. The lowest BCUT2D eigenvalue weighted by Gasteiger charge is -2.20. The van der Waals surface area contributed by atoms with Crippen LogP contribution >= 0.6 is 12.6 Å². The Kier molecular flexibility index (Phi) is 3.22. The van der Waals surface area contributed by atoms with Crippen LogP contribution in [-0.4, -0.2) is 29.4 Å². The minimum absolute atomic E-state index is 0.0683. The Morgan fingerprint density at radius 3 is 2.45 bits per heavy atom. The number of likely N-dealkylation sites (tertiary alicyclic amines) is 1. The molecule has 1 fully saturated rings. The summed E-state index contributed by atoms with van der Waals surface area (Å²) in [6.45, 7) is 6.78. The molecule has 0 bridgehead atoms. The lowest BCUT2D eigenvalue weighted by Crippen LogP contribution is -2.31. The minimum Gasteiger partial charge on any atom is -0.319 e. The van der Waals surface area contributed by atoms with Gasteiger partial charge in [0.2, 0.25) is 0 Å². The Bertz CT molecular complexity index is 111. The summed E-state index contributed by atoms with van der Waals surface area (Å²) in [5.41, 5.74) is 5.70. The molecular weight excluding hydrogens is 156 g/mol. The van der Waals surface area contributed by atoms with Crippen LogP contribution in [0.5, 0.6) is 0 Å². The standard InChI is InChI=1S/C8H18N2S/c1-6(2)10-4-3-7(5-10)8(9)11/h6-8,11H,3-5,9H2,1-2H3. The highest BCUT2D eigenvalue weighted by molar-refractivity contribution is 7.80. The minimum atomic E-state index is 0.0683. The van der Waals surface area contributed by atoms with Gasteiger partial charge in [0.15, 0.2) is 0 Å². The van der Waals surface area contributed by atoms with Gasteiger partial charge in [-0.1, -0.05) is 0 Å². The lowest BCUT2D eigenvalue weighted by atomic mass is 10.1. The third-order valence-electron chi connectivity index (χ3n) is 2.47. The van der Waals surface area contributed by atoms with Gasteiger partial charge in [0.25, 0.3) is 0 Å². The van der Waals surface area contributed by atoms with Crippen molar-refractivity contribution >= 4 is 12.6 Å². The van der Waals surface area contributed by atoms with E-state index < -0.39 is 0 Å². The summed E-state index contributed by atoms with van der Waals surface area (Å²) in [6.07, 6.45) is 1.21. The van der Waals surface area contributed by atoms with Crippen molar-refractivity contribution < 1.29 is 0 Å². The molecule has 1 rings (SSSR count). The highest BCUT2D eigenvalue weighted by atomic mass is 32.1. The first-order chi connectivity index (χ1) is 5.11. The molecule has 66 valence electrons. The molecule has 0 amide bonds. The van der Waals surface area contributed by atoms with Gasteiger partial charge in [0.05, 0.1) is 5.37 Å². The second kappa shape index (κ2) is 3.78. The number of nitrogens with zero attached hydrogens (tertiary/aromatic N) is 1. The first-order valence-electron chi connectivity index (χ1n) is 4.29. The molecule has 11 heavy (non-hydrogen) atoms. The summed E-state index contributed by atoms with van der Waals surface area (Å²) in [4.78, 5) is 2.46. The Morgan fingerprint density at radius 2 is 2.18 bits per heavy atom.